The lowest BCUT2D eigenvalue weighted by Gasteiger charge is -2.07. The van der Waals surface area contributed by atoms with Gasteiger partial charge >= 0.3 is 10.4 Å². The van der Waals surface area contributed by atoms with Crippen LogP contribution < -0.4 is 0 Å². The molecule has 16 heteroatoms. The summed E-state index contributed by atoms with van der Waals surface area (Å²) in [6, 6.07) is 5.67. The number of nitrogens with zero attached hydrogens (tertiary/aromatic N) is 2. The van der Waals surface area contributed by atoms with Gasteiger partial charge in [-0.2, -0.15) is 16.8 Å². The van der Waals surface area contributed by atoms with Crippen LogP contribution in [0.2, 0.25) is 0 Å². The summed E-state index contributed by atoms with van der Waals surface area (Å²) in [5.74, 6) is -1.68. The van der Waals surface area contributed by atoms with Gasteiger partial charge in [0.2, 0.25) is 0 Å². The molecule has 0 spiro atoms. The van der Waals surface area contributed by atoms with Gasteiger partial charge in [0.15, 0.2) is 9.84 Å². The number of phenols is 2. The van der Waals surface area contributed by atoms with Crippen LogP contribution in [0.3, 0.4) is 0 Å². The van der Waals surface area contributed by atoms with Crippen LogP contribution in [0.5, 0.6) is 11.5 Å². The van der Waals surface area contributed by atoms with E-state index in [1.54, 1.807) is 0 Å². The third-order valence-corrected chi connectivity index (χ3v) is 6.40. The van der Waals surface area contributed by atoms with Gasteiger partial charge < -0.3 is 10.2 Å². The highest BCUT2D eigenvalue weighted by Gasteiger charge is 2.23. The standard InChI is InChI=1S/C14H14N2O11S3/c17-9-1-3-11(13(18)7-9)15-16-12-4-2-10(8-14(12)29(21,22)23)28(19,20)6-5-27-30(24,25)26/h1-4,7-8,17-18H,5-6H2,(H,21,22,23)(H,24,25,26). The van der Waals surface area contributed by atoms with Crippen molar-refractivity contribution in [2.75, 3.05) is 12.4 Å². The SMILES string of the molecule is O=S(=O)(O)OCCS(=O)(=O)c1ccc(N=Nc2ccc(O)cc2O)c(S(=O)(=O)O)c1. The number of hydrogen-bond acceptors (Lipinski definition) is 11. The Morgan fingerprint density at radius 2 is 1.43 bits per heavy atom. The Hall–Kier alpha value is -2.63. The second kappa shape index (κ2) is 8.62. The van der Waals surface area contributed by atoms with Crippen molar-refractivity contribution in [1.82, 2.24) is 0 Å². The summed E-state index contributed by atoms with van der Waals surface area (Å²) in [6.45, 7) is -0.941. The van der Waals surface area contributed by atoms with Gasteiger partial charge in [-0.1, -0.05) is 0 Å². The highest BCUT2D eigenvalue weighted by Crippen LogP contribution is 2.33. The number of aromatic hydroxyl groups is 2. The monoisotopic (exact) mass is 482 g/mol. The molecule has 2 aromatic rings. The van der Waals surface area contributed by atoms with Gasteiger partial charge in [0.1, 0.15) is 27.8 Å². The van der Waals surface area contributed by atoms with E-state index in [-0.39, 0.29) is 11.4 Å². The van der Waals surface area contributed by atoms with Crippen molar-refractivity contribution >= 4 is 41.7 Å². The molecule has 0 aliphatic heterocycles. The summed E-state index contributed by atoms with van der Waals surface area (Å²) >= 11 is 0. The second-order valence-corrected chi connectivity index (χ2v) is 10.1. The molecule has 164 valence electrons. The minimum atomic E-state index is -4.97. The fraction of sp³-hybridized carbons (Fsp3) is 0.143. The van der Waals surface area contributed by atoms with Crippen LogP contribution in [0, 0.1) is 0 Å². The van der Waals surface area contributed by atoms with E-state index in [1.807, 2.05) is 0 Å². The smallest absolute Gasteiger partial charge is 0.397 e. The van der Waals surface area contributed by atoms with Gasteiger partial charge in [-0.25, -0.2) is 12.6 Å². The molecule has 13 nitrogen and oxygen atoms in total. The van der Waals surface area contributed by atoms with Crippen molar-refractivity contribution in [3.05, 3.63) is 36.4 Å². The molecule has 0 atom stereocenters. The van der Waals surface area contributed by atoms with Crippen LogP contribution in [-0.2, 0) is 34.5 Å². The predicted octanol–water partition coefficient (Wildman–Crippen LogP) is 1.35. The Labute approximate surface area is 170 Å². The third-order valence-electron chi connectivity index (χ3n) is 3.38. The van der Waals surface area contributed by atoms with Crippen molar-refractivity contribution < 1.29 is 48.8 Å². The molecule has 0 bridgehead atoms. The Bertz CT molecular complexity index is 1300. The molecule has 30 heavy (non-hydrogen) atoms. The van der Waals surface area contributed by atoms with E-state index in [0.29, 0.717) is 6.07 Å². The lowest BCUT2D eigenvalue weighted by atomic mass is 10.3. The van der Waals surface area contributed by atoms with Crippen molar-refractivity contribution in [1.29, 1.82) is 0 Å². The van der Waals surface area contributed by atoms with E-state index in [1.165, 1.54) is 6.07 Å². The maximum absolute atomic E-state index is 12.2. The highest BCUT2D eigenvalue weighted by molar-refractivity contribution is 7.91. The van der Waals surface area contributed by atoms with Crippen molar-refractivity contribution in [2.45, 2.75) is 9.79 Å². The largest absolute Gasteiger partial charge is 0.508 e. The number of benzene rings is 2. The fourth-order valence-corrected chi connectivity index (χ4v) is 4.28. The quantitative estimate of drug-likeness (QED) is 0.311. The summed E-state index contributed by atoms with van der Waals surface area (Å²) in [4.78, 5) is -1.54. The summed E-state index contributed by atoms with van der Waals surface area (Å²) in [6.07, 6.45) is 0. The minimum Gasteiger partial charge on any atom is -0.508 e. The Morgan fingerprint density at radius 1 is 0.833 bits per heavy atom. The van der Waals surface area contributed by atoms with Gasteiger partial charge in [-0.3, -0.25) is 9.11 Å². The first-order chi connectivity index (χ1) is 13.7. The first-order valence-corrected chi connectivity index (χ1v) is 12.0. The molecular weight excluding hydrogens is 468 g/mol. The zero-order valence-corrected chi connectivity index (χ0v) is 17.1. The van der Waals surface area contributed by atoms with E-state index in [2.05, 4.69) is 14.4 Å². The number of sulfone groups is 1. The van der Waals surface area contributed by atoms with Crippen LogP contribution in [0.1, 0.15) is 0 Å². The molecule has 2 aromatic carbocycles. The zero-order chi connectivity index (χ0) is 22.7. The van der Waals surface area contributed by atoms with E-state index in [0.717, 1.165) is 24.3 Å². The van der Waals surface area contributed by atoms with Crippen molar-refractivity contribution in [2.24, 2.45) is 10.2 Å². The molecule has 2 rings (SSSR count). The van der Waals surface area contributed by atoms with Gasteiger partial charge in [0, 0.05) is 6.07 Å². The topological polar surface area (TPSA) is 217 Å². The molecule has 0 unspecified atom stereocenters. The zero-order valence-electron chi connectivity index (χ0n) is 14.6. The Morgan fingerprint density at radius 3 is 2.00 bits per heavy atom. The molecule has 0 amide bonds. The Balaban J connectivity index is 2.41. The molecule has 0 aliphatic rings. The normalized spacial score (nSPS) is 13.0. The first kappa shape index (κ1) is 23.6. The highest BCUT2D eigenvalue weighted by atomic mass is 32.3. The number of azo groups is 1. The van der Waals surface area contributed by atoms with Gasteiger partial charge in [-0.15, -0.1) is 10.2 Å². The third kappa shape index (κ3) is 6.44. The molecule has 0 fully saturated rings. The molecule has 0 saturated heterocycles. The second-order valence-electron chi connectivity index (χ2n) is 5.55. The summed E-state index contributed by atoms with van der Waals surface area (Å²) in [7, 11) is -14.1. The molecule has 0 heterocycles. The van der Waals surface area contributed by atoms with Crippen LogP contribution in [0.25, 0.3) is 0 Å². The first-order valence-electron chi connectivity index (χ1n) is 7.59. The van der Waals surface area contributed by atoms with Gasteiger partial charge in [-0.05, 0) is 30.3 Å². The molecule has 0 aliphatic carbocycles. The van der Waals surface area contributed by atoms with Gasteiger partial charge in [0.05, 0.1) is 17.3 Å². The van der Waals surface area contributed by atoms with Crippen LogP contribution in [0.15, 0.2) is 56.4 Å². The number of phenolic OH excluding ortho intramolecular Hbond substituents is 2. The van der Waals surface area contributed by atoms with Gasteiger partial charge in [0.25, 0.3) is 10.1 Å². The minimum absolute atomic E-state index is 0.159. The molecular formula is C14H14N2O11S3. The van der Waals surface area contributed by atoms with Crippen LogP contribution >= 0.6 is 0 Å². The van der Waals surface area contributed by atoms with E-state index >= 15 is 0 Å². The maximum Gasteiger partial charge on any atom is 0.397 e. The fourth-order valence-electron chi connectivity index (χ4n) is 2.05. The summed E-state index contributed by atoms with van der Waals surface area (Å²) < 4.78 is 90.5. The van der Waals surface area contributed by atoms with E-state index in [4.69, 9.17) is 4.55 Å². The molecule has 0 aromatic heterocycles. The number of rotatable bonds is 8. The number of hydrogen-bond donors (Lipinski definition) is 4. The van der Waals surface area contributed by atoms with Crippen molar-refractivity contribution in [3.8, 4) is 11.5 Å². The maximum atomic E-state index is 12.2. The molecule has 4 N–H and O–H groups in total. The average molecular weight is 482 g/mol. The Kier molecular flexibility index (Phi) is 6.80. The van der Waals surface area contributed by atoms with Crippen LogP contribution in [0.4, 0.5) is 11.4 Å². The predicted molar refractivity (Wildman–Crippen MR) is 99.8 cm³/mol. The summed E-state index contributed by atoms with van der Waals surface area (Å²) in [5.41, 5.74) is -0.633. The lowest BCUT2D eigenvalue weighted by molar-refractivity contribution is 0.284. The van der Waals surface area contributed by atoms with E-state index in [9.17, 15) is 40.0 Å². The van der Waals surface area contributed by atoms with Crippen molar-refractivity contribution in [3.63, 3.8) is 0 Å². The average Bonchev–Trinajstić information content (AvgIpc) is 2.58. The molecule has 0 saturated carbocycles. The molecule has 0 radical (unpaired) electrons. The summed E-state index contributed by atoms with van der Waals surface area (Å²) in [5, 5.41) is 26.0. The van der Waals surface area contributed by atoms with E-state index < -0.39 is 63.9 Å². The lowest BCUT2D eigenvalue weighted by Crippen LogP contribution is -2.16. The van der Waals surface area contributed by atoms with Crippen LogP contribution in [-0.4, -0.2) is 56.9 Å².